The Morgan fingerprint density at radius 3 is 2.35 bits per heavy atom. The quantitative estimate of drug-likeness (QED) is 0.460. The molecule has 2 aromatic rings. The summed E-state index contributed by atoms with van der Waals surface area (Å²) in [6.45, 7) is 15.7. The Hall–Kier alpha value is -2.24. The second-order valence-electron chi connectivity index (χ2n) is 12.4. The van der Waals surface area contributed by atoms with E-state index < -0.39 is 5.60 Å². The second-order valence-corrected chi connectivity index (χ2v) is 13.2. The van der Waals surface area contributed by atoms with Crippen LogP contribution in [-0.4, -0.2) is 104 Å². The zero-order chi connectivity index (χ0) is 28.7. The fourth-order valence-corrected chi connectivity index (χ4v) is 6.57. The number of fused-ring (bicyclic) bond motifs is 1. The summed E-state index contributed by atoms with van der Waals surface area (Å²) < 4.78 is 27.0. The number of carbonyl (C=O) groups is 1. The first-order chi connectivity index (χ1) is 19.0. The summed E-state index contributed by atoms with van der Waals surface area (Å²) in [5, 5.41) is 0.764. The number of nitrogens with zero attached hydrogens (tertiary/aromatic N) is 6. The average molecular weight is 622 g/mol. The molecule has 0 unspecified atom stereocenters. The monoisotopic (exact) mass is 620 g/mol. The molecule has 40 heavy (non-hydrogen) atoms. The van der Waals surface area contributed by atoms with E-state index in [4.69, 9.17) is 19.4 Å². The Morgan fingerprint density at radius 2 is 1.75 bits per heavy atom. The Balaban J connectivity index is 1.36. The van der Waals surface area contributed by atoms with Crippen LogP contribution in [0.3, 0.4) is 0 Å². The van der Waals surface area contributed by atoms with Crippen LogP contribution >= 0.6 is 15.9 Å². The summed E-state index contributed by atoms with van der Waals surface area (Å²) in [5.41, 5.74) is 0.897. The molecule has 11 heteroatoms. The normalized spacial score (nSPS) is 19.8. The molecular weight excluding hydrogens is 579 g/mol. The van der Waals surface area contributed by atoms with Crippen LogP contribution in [0.15, 0.2) is 10.5 Å². The molecule has 9 nitrogen and oxygen atoms in total. The van der Waals surface area contributed by atoms with Crippen LogP contribution in [0.4, 0.5) is 21.0 Å². The van der Waals surface area contributed by atoms with Gasteiger partial charge >= 0.3 is 6.09 Å². The molecule has 220 valence electrons. The molecule has 0 atom stereocenters. The van der Waals surface area contributed by atoms with Gasteiger partial charge in [0.25, 0.3) is 0 Å². The predicted molar refractivity (Wildman–Crippen MR) is 159 cm³/mol. The first kappa shape index (κ1) is 29.3. The first-order valence-corrected chi connectivity index (χ1v) is 15.2. The van der Waals surface area contributed by atoms with Crippen LogP contribution in [0.25, 0.3) is 10.9 Å². The standard InChI is InChI=1S/C29H42BrFN6O3/c1-6-20-17-21-24(23(31)22(20)30)32-26(36-13-11-34(12-14-36)15-16-39-5)33-25(21)35-9-7-29(8-10-35)18-37(19-29)27(38)40-28(2,3)4/h17H,6-16,18-19H2,1-5H3. The fourth-order valence-electron chi connectivity index (χ4n) is 5.99. The van der Waals surface area contributed by atoms with Crippen LogP contribution in [0.2, 0.25) is 0 Å². The van der Waals surface area contributed by atoms with Crippen LogP contribution in [-0.2, 0) is 15.9 Å². The molecule has 0 bridgehead atoms. The van der Waals surface area contributed by atoms with Crippen molar-refractivity contribution in [3.05, 3.63) is 21.9 Å². The Morgan fingerprint density at radius 1 is 1.07 bits per heavy atom. The molecule has 5 rings (SSSR count). The van der Waals surface area contributed by atoms with Gasteiger partial charge in [-0.2, -0.15) is 4.98 Å². The molecule has 1 aromatic carbocycles. The van der Waals surface area contributed by atoms with Crippen molar-refractivity contribution >= 4 is 44.7 Å². The number of amides is 1. The van der Waals surface area contributed by atoms with Gasteiger partial charge in [-0.3, -0.25) is 4.90 Å². The minimum absolute atomic E-state index is 0.112. The van der Waals surface area contributed by atoms with Crippen molar-refractivity contribution in [3.63, 3.8) is 0 Å². The Bertz CT molecular complexity index is 1230. The number of methoxy groups -OCH3 is 1. The van der Waals surface area contributed by atoms with E-state index in [-0.39, 0.29) is 17.3 Å². The minimum atomic E-state index is -0.493. The molecule has 3 saturated heterocycles. The number of ether oxygens (including phenoxy) is 2. The number of aryl methyl sites for hydroxylation is 1. The first-order valence-electron chi connectivity index (χ1n) is 14.4. The molecule has 1 amide bonds. The summed E-state index contributed by atoms with van der Waals surface area (Å²) in [7, 11) is 1.72. The largest absolute Gasteiger partial charge is 0.444 e. The van der Waals surface area contributed by atoms with E-state index in [2.05, 4.69) is 30.6 Å². The SMILES string of the molecule is CCc1cc2c(N3CCC4(CC3)CN(C(=O)OC(C)(C)C)C4)nc(N3CCN(CCOC)CC3)nc2c(F)c1Br. The number of halogens is 2. The number of benzene rings is 1. The van der Waals surface area contributed by atoms with E-state index in [1.165, 1.54) is 0 Å². The van der Waals surface area contributed by atoms with Crippen molar-refractivity contribution in [2.24, 2.45) is 5.41 Å². The van der Waals surface area contributed by atoms with Gasteiger partial charge in [0.05, 0.1) is 11.1 Å². The molecule has 4 heterocycles. The number of likely N-dealkylation sites (tertiary alicyclic amines) is 1. The molecule has 3 fully saturated rings. The summed E-state index contributed by atoms with van der Waals surface area (Å²) in [6.07, 6.45) is 2.37. The van der Waals surface area contributed by atoms with Crippen molar-refractivity contribution in [1.82, 2.24) is 19.8 Å². The van der Waals surface area contributed by atoms with Crippen molar-refractivity contribution in [1.29, 1.82) is 0 Å². The molecule has 3 aliphatic rings. The Kier molecular flexibility index (Phi) is 8.46. The van der Waals surface area contributed by atoms with Crippen molar-refractivity contribution in [3.8, 4) is 0 Å². The number of hydrogen-bond acceptors (Lipinski definition) is 8. The summed E-state index contributed by atoms with van der Waals surface area (Å²) in [4.78, 5) is 31.0. The maximum atomic E-state index is 15.7. The zero-order valence-electron chi connectivity index (χ0n) is 24.4. The highest BCUT2D eigenvalue weighted by atomic mass is 79.9. The number of carbonyl (C=O) groups excluding carboxylic acids is 1. The number of piperazine rings is 1. The van der Waals surface area contributed by atoms with Gasteiger partial charge < -0.3 is 24.2 Å². The van der Waals surface area contributed by atoms with E-state index in [0.29, 0.717) is 29.0 Å². The highest BCUT2D eigenvalue weighted by Crippen LogP contribution is 2.43. The maximum absolute atomic E-state index is 15.7. The lowest BCUT2D eigenvalue weighted by molar-refractivity contribution is -0.0434. The molecule has 1 aromatic heterocycles. The third-order valence-electron chi connectivity index (χ3n) is 8.39. The smallest absolute Gasteiger partial charge is 0.410 e. The van der Waals surface area contributed by atoms with Crippen LogP contribution in [0.1, 0.15) is 46.1 Å². The van der Waals surface area contributed by atoms with E-state index in [1.807, 2.05) is 38.7 Å². The van der Waals surface area contributed by atoms with Gasteiger partial charge in [0.1, 0.15) is 16.9 Å². The van der Waals surface area contributed by atoms with Crippen LogP contribution in [0, 0.1) is 11.2 Å². The zero-order valence-corrected chi connectivity index (χ0v) is 26.0. The fraction of sp³-hybridized carbons (Fsp3) is 0.690. The average Bonchev–Trinajstić information content (AvgIpc) is 2.91. The molecule has 1 spiro atoms. The van der Waals surface area contributed by atoms with Gasteiger partial charge in [0.15, 0.2) is 5.82 Å². The molecule has 0 radical (unpaired) electrons. The number of hydrogen-bond donors (Lipinski definition) is 0. The summed E-state index contributed by atoms with van der Waals surface area (Å²) in [6, 6.07) is 2.04. The summed E-state index contributed by atoms with van der Waals surface area (Å²) >= 11 is 3.48. The van der Waals surface area contributed by atoms with Gasteiger partial charge in [0, 0.05) is 76.8 Å². The lowest BCUT2D eigenvalue weighted by atomic mass is 9.72. The highest BCUT2D eigenvalue weighted by Gasteiger charge is 2.48. The maximum Gasteiger partial charge on any atom is 0.410 e. The van der Waals surface area contributed by atoms with Gasteiger partial charge in [-0.15, -0.1) is 0 Å². The number of aromatic nitrogens is 2. The second kappa shape index (κ2) is 11.6. The summed E-state index contributed by atoms with van der Waals surface area (Å²) in [5.74, 6) is 1.07. The van der Waals surface area contributed by atoms with Crippen molar-refractivity contribution in [2.45, 2.75) is 52.6 Å². The van der Waals surface area contributed by atoms with Gasteiger partial charge in [-0.1, -0.05) is 6.92 Å². The van der Waals surface area contributed by atoms with Gasteiger partial charge in [-0.25, -0.2) is 14.2 Å². The highest BCUT2D eigenvalue weighted by molar-refractivity contribution is 9.10. The number of anilines is 2. The number of piperidine rings is 1. The minimum Gasteiger partial charge on any atom is -0.444 e. The molecule has 0 saturated carbocycles. The Labute approximate surface area is 245 Å². The van der Waals surface area contributed by atoms with E-state index in [9.17, 15) is 4.79 Å². The molecule has 0 N–H and O–H groups in total. The van der Waals surface area contributed by atoms with Crippen molar-refractivity contribution < 1.29 is 18.7 Å². The van der Waals surface area contributed by atoms with E-state index in [0.717, 1.165) is 88.5 Å². The lowest BCUT2D eigenvalue weighted by Gasteiger charge is -2.53. The van der Waals surface area contributed by atoms with Crippen molar-refractivity contribution in [2.75, 3.05) is 82.4 Å². The molecular formula is C29H42BrFN6O3. The van der Waals surface area contributed by atoms with Gasteiger partial charge in [-0.05, 0) is 67.6 Å². The molecule has 0 aliphatic carbocycles. The topological polar surface area (TPSA) is 74.3 Å². The number of rotatable bonds is 6. The van der Waals surface area contributed by atoms with Crippen LogP contribution in [0.5, 0.6) is 0 Å². The third-order valence-corrected chi connectivity index (χ3v) is 9.25. The van der Waals surface area contributed by atoms with Crippen LogP contribution < -0.4 is 9.80 Å². The van der Waals surface area contributed by atoms with E-state index >= 15 is 4.39 Å². The van der Waals surface area contributed by atoms with Gasteiger partial charge in [0.2, 0.25) is 5.95 Å². The van der Waals surface area contributed by atoms with E-state index in [1.54, 1.807) is 7.11 Å². The lowest BCUT2D eigenvalue weighted by Crippen LogP contribution is -2.62. The predicted octanol–water partition coefficient (Wildman–Crippen LogP) is 4.70. The third kappa shape index (κ3) is 6.01. The molecule has 3 aliphatic heterocycles.